The van der Waals surface area contributed by atoms with Gasteiger partial charge in [0.05, 0.1) is 30.9 Å². The maximum absolute atomic E-state index is 14.3. The maximum Gasteiger partial charge on any atom is 0.238 e. The number of hydrogen-bond acceptors (Lipinski definition) is 5. The highest BCUT2D eigenvalue weighted by Gasteiger charge is 2.48. The van der Waals surface area contributed by atoms with E-state index in [1.54, 1.807) is 38.1 Å². The summed E-state index contributed by atoms with van der Waals surface area (Å²) in [5, 5.41) is 4.86. The lowest BCUT2D eigenvalue weighted by molar-refractivity contribution is -0.133. The second-order valence-electron chi connectivity index (χ2n) is 9.02. The van der Waals surface area contributed by atoms with Crippen LogP contribution >= 0.6 is 28.3 Å². The van der Waals surface area contributed by atoms with Gasteiger partial charge in [-0.15, -0.1) is 12.4 Å². The minimum atomic E-state index is -1.39. The highest BCUT2D eigenvalue weighted by atomic mass is 79.9. The lowest BCUT2D eigenvalue weighted by Gasteiger charge is -2.36. The molecule has 1 aliphatic rings. The van der Waals surface area contributed by atoms with Gasteiger partial charge in [-0.25, -0.2) is 0 Å². The molecule has 1 heterocycles. The third kappa shape index (κ3) is 5.03. The van der Waals surface area contributed by atoms with Crippen LogP contribution in [0, 0.1) is 5.92 Å². The Bertz CT molecular complexity index is 1370. The number of carbonyl (C=O) groups excluding carboxylic acids is 3. The predicted octanol–water partition coefficient (Wildman–Crippen LogP) is 4.01. The largest absolute Gasteiger partial charge is 0.496 e. The SMILES string of the molecule is CNC(C)(C(N)=O)[C@@H]1CN(C(C)=O)c2ccccc2N(Cc2c(OC)ccc3cc(Br)ccc23)C1=O.Cl. The smallest absolute Gasteiger partial charge is 0.238 e. The van der Waals surface area contributed by atoms with Gasteiger partial charge in [0.1, 0.15) is 11.3 Å². The normalized spacial score (nSPS) is 16.9. The molecule has 0 aliphatic carbocycles. The molecule has 1 aliphatic heterocycles. The highest BCUT2D eigenvalue weighted by Crippen LogP contribution is 2.40. The lowest BCUT2D eigenvalue weighted by Crippen LogP contribution is -2.63. The van der Waals surface area contributed by atoms with E-state index < -0.39 is 17.4 Å². The van der Waals surface area contributed by atoms with Crippen molar-refractivity contribution in [3.05, 3.63) is 64.6 Å². The first kappa shape index (κ1) is 28.4. The Hall–Kier alpha value is -3.14. The molecule has 8 nitrogen and oxygen atoms in total. The number of nitrogens with two attached hydrogens (primary N) is 1. The molecule has 3 aromatic carbocycles. The summed E-state index contributed by atoms with van der Waals surface area (Å²) in [6, 6.07) is 17.0. The van der Waals surface area contributed by atoms with E-state index in [4.69, 9.17) is 10.5 Å². The minimum absolute atomic E-state index is 0. The van der Waals surface area contributed by atoms with Crippen LogP contribution in [0.15, 0.2) is 59.1 Å². The Morgan fingerprint density at radius 3 is 2.43 bits per heavy atom. The van der Waals surface area contributed by atoms with Gasteiger partial charge in [0.25, 0.3) is 0 Å². The fraction of sp³-hybridized carbons (Fsp3) is 0.296. The second kappa shape index (κ2) is 11.1. The standard InChI is InChI=1S/C27H29BrN4O4.ClH/c1-16(33)31-15-21(27(2,30-3)26(29)35)25(34)32(23-8-6-5-7-22(23)31)14-20-19-11-10-18(28)13-17(19)9-12-24(20)36-4;/h5-13,21,30H,14-15H2,1-4H3,(H2,29,35);1H/t21-,27?;/m1./s1. The van der Waals surface area contributed by atoms with Gasteiger partial charge in [-0.3, -0.25) is 14.4 Å². The molecule has 0 saturated carbocycles. The molecule has 10 heteroatoms. The van der Waals surface area contributed by atoms with Gasteiger partial charge in [-0.1, -0.05) is 40.2 Å². The number of nitrogens with zero attached hydrogens (tertiary/aromatic N) is 2. The quantitative estimate of drug-likeness (QED) is 0.452. The monoisotopic (exact) mass is 588 g/mol. The van der Waals surface area contributed by atoms with Crippen LogP contribution < -0.4 is 25.6 Å². The van der Waals surface area contributed by atoms with E-state index in [2.05, 4.69) is 21.2 Å². The van der Waals surface area contributed by atoms with Crippen LogP contribution in [0.2, 0.25) is 0 Å². The molecule has 0 spiro atoms. The Morgan fingerprint density at radius 2 is 1.84 bits per heavy atom. The van der Waals surface area contributed by atoms with Crippen LogP contribution in [0.25, 0.3) is 10.8 Å². The average Bonchev–Trinajstić information content (AvgIpc) is 2.98. The van der Waals surface area contributed by atoms with Gasteiger partial charge in [0, 0.05) is 23.5 Å². The van der Waals surface area contributed by atoms with Crippen molar-refractivity contribution in [3.63, 3.8) is 0 Å². The van der Waals surface area contributed by atoms with Crippen molar-refractivity contribution in [2.75, 3.05) is 30.5 Å². The first-order valence-corrected chi connectivity index (χ1v) is 12.3. The van der Waals surface area contributed by atoms with E-state index in [1.807, 2.05) is 42.5 Å². The fourth-order valence-electron chi connectivity index (χ4n) is 4.80. The molecule has 196 valence electrons. The van der Waals surface area contributed by atoms with Gasteiger partial charge < -0.3 is 25.6 Å². The number of rotatable bonds is 6. The molecule has 0 saturated heterocycles. The molecule has 2 atom stereocenters. The number of amides is 3. The van der Waals surface area contributed by atoms with Gasteiger partial charge >= 0.3 is 0 Å². The number of benzene rings is 3. The molecule has 3 amide bonds. The first-order valence-electron chi connectivity index (χ1n) is 11.5. The highest BCUT2D eigenvalue weighted by molar-refractivity contribution is 9.10. The number of halogens is 2. The van der Waals surface area contributed by atoms with Crippen LogP contribution in [0.5, 0.6) is 5.75 Å². The van der Waals surface area contributed by atoms with E-state index >= 15 is 0 Å². The Kier molecular flexibility index (Phi) is 8.52. The number of methoxy groups -OCH3 is 1. The van der Waals surface area contributed by atoms with Crippen LogP contribution in [0.3, 0.4) is 0 Å². The molecule has 1 unspecified atom stereocenters. The van der Waals surface area contributed by atoms with E-state index in [0.717, 1.165) is 20.8 Å². The molecule has 3 aromatic rings. The molecular formula is C27H30BrClN4O4. The zero-order valence-electron chi connectivity index (χ0n) is 21.1. The molecule has 0 bridgehead atoms. The molecule has 0 radical (unpaired) electrons. The minimum Gasteiger partial charge on any atom is -0.496 e. The van der Waals surface area contributed by atoms with Gasteiger partial charge in [-0.2, -0.15) is 0 Å². The summed E-state index contributed by atoms with van der Waals surface area (Å²) < 4.78 is 6.63. The molecular weight excluding hydrogens is 560 g/mol. The Balaban J connectivity index is 0.00000380. The zero-order chi connectivity index (χ0) is 26.2. The number of para-hydroxylation sites is 2. The van der Waals surface area contributed by atoms with E-state index in [9.17, 15) is 14.4 Å². The summed E-state index contributed by atoms with van der Waals surface area (Å²) in [6.45, 7) is 3.21. The van der Waals surface area contributed by atoms with Crippen LogP contribution in [0.1, 0.15) is 19.4 Å². The average molecular weight is 590 g/mol. The topological polar surface area (TPSA) is 105 Å². The number of nitrogens with one attached hydrogen (secondary N) is 1. The van der Waals surface area contributed by atoms with Crippen molar-refractivity contribution in [1.29, 1.82) is 0 Å². The van der Waals surface area contributed by atoms with Crippen molar-refractivity contribution >= 4 is 68.2 Å². The van der Waals surface area contributed by atoms with Crippen LogP contribution in [0.4, 0.5) is 11.4 Å². The van der Waals surface area contributed by atoms with Crippen molar-refractivity contribution in [2.45, 2.75) is 25.9 Å². The number of anilines is 2. The van der Waals surface area contributed by atoms with E-state index in [1.165, 1.54) is 11.8 Å². The number of fused-ring (bicyclic) bond motifs is 2. The summed E-state index contributed by atoms with van der Waals surface area (Å²) in [5.41, 5.74) is 6.36. The third-order valence-electron chi connectivity index (χ3n) is 7.09. The Labute approximate surface area is 230 Å². The molecule has 0 aromatic heterocycles. The van der Waals surface area contributed by atoms with E-state index in [-0.39, 0.29) is 37.3 Å². The molecule has 0 fully saturated rings. The van der Waals surface area contributed by atoms with Crippen LogP contribution in [-0.2, 0) is 20.9 Å². The van der Waals surface area contributed by atoms with Gasteiger partial charge in [-0.05, 0) is 55.1 Å². The summed E-state index contributed by atoms with van der Waals surface area (Å²) in [4.78, 5) is 42.8. The zero-order valence-corrected chi connectivity index (χ0v) is 23.5. The van der Waals surface area contributed by atoms with Gasteiger partial charge in [0.15, 0.2) is 0 Å². The third-order valence-corrected chi connectivity index (χ3v) is 7.58. The summed E-state index contributed by atoms with van der Waals surface area (Å²) >= 11 is 3.52. The van der Waals surface area contributed by atoms with Crippen molar-refractivity contribution in [3.8, 4) is 5.75 Å². The van der Waals surface area contributed by atoms with Crippen molar-refractivity contribution in [2.24, 2.45) is 11.7 Å². The predicted molar refractivity (Wildman–Crippen MR) is 151 cm³/mol. The van der Waals surface area contributed by atoms with E-state index in [0.29, 0.717) is 17.1 Å². The first-order chi connectivity index (χ1) is 17.1. The summed E-state index contributed by atoms with van der Waals surface area (Å²) in [6.07, 6.45) is 0. The number of carbonyl (C=O) groups is 3. The number of hydrogen-bond donors (Lipinski definition) is 2. The molecule has 3 N–H and O–H groups in total. The lowest BCUT2D eigenvalue weighted by atomic mass is 9.83. The van der Waals surface area contributed by atoms with Gasteiger partial charge in [0.2, 0.25) is 17.7 Å². The number of primary amides is 1. The second-order valence-corrected chi connectivity index (χ2v) is 9.94. The number of ether oxygens (including phenoxy) is 1. The molecule has 37 heavy (non-hydrogen) atoms. The summed E-state index contributed by atoms with van der Waals surface area (Å²) in [7, 11) is 3.18. The fourth-order valence-corrected chi connectivity index (χ4v) is 5.18. The van der Waals surface area contributed by atoms with Crippen LogP contribution in [-0.4, -0.2) is 44.0 Å². The maximum atomic E-state index is 14.3. The Morgan fingerprint density at radius 1 is 1.16 bits per heavy atom. The van der Waals surface area contributed by atoms with Crippen molar-refractivity contribution < 1.29 is 19.1 Å². The van der Waals surface area contributed by atoms with Crippen molar-refractivity contribution in [1.82, 2.24) is 5.32 Å². The summed E-state index contributed by atoms with van der Waals surface area (Å²) in [5.74, 6) is -1.54. The molecule has 4 rings (SSSR count). The number of likely N-dealkylation sites (N-methyl/N-ethyl adjacent to an activating group) is 1.